The summed E-state index contributed by atoms with van der Waals surface area (Å²) in [5, 5.41) is 12.5. The van der Waals surface area contributed by atoms with Gasteiger partial charge in [-0.2, -0.15) is 0 Å². The number of carbonyl (C=O) groups excluding carboxylic acids is 1. The third-order valence-electron chi connectivity index (χ3n) is 3.82. The SMILES string of the molecule is O=C(NC(Cc1ccc2c(c1)OCCO2)C(=O)O)c1cc(Cl)ccc1Cl. The predicted molar refractivity (Wildman–Crippen MR) is 96.5 cm³/mol. The van der Waals surface area contributed by atoms with Crippen molar-refractivity contribution in [3.63, 3.8) is 0 Å². The van der Waals surface area contributed by atoms with Gasteiger partial charge in [0.15, 0.2) is 11.5 Å². The van der Waals surface area contributed by atoms with Gasteiger partial charge in [-0.15, -0.1) is 0 Å². The Bertz CT molecular complexity index is 855. The maximum Gasteiger partial charge on any atom is 0.326 e. The number of carboxylic acid groups (broad SMARTS) is 1. The molecule has 1 atom stereocenters. The highest BCUT2D eigenvalue weighted by Gasteiger charge is 2.23. The summed E-state index contributed by atoms with van der Waals surface area (Å²) in [5.74, 6) is -0.599. The fourth-order valence-corrected chi connectivity index (χ4v) is 2.93. The van der Waals surface area contributed by atoms with Crippen LogP contribution in [-0.2, 0) is 11.2 Å². The first-order valence-electron chi connectivity index (χ1n) is 7.81. The molecule has 2 N–H and O–H groups in total. The van der Waals surface area contributed by atoms with Gasteiger partial charge < -0.3 is 19.9 Å². The van der Waals surface area contributed by atoms with Gasteiger partial charge >= 0.3 is 5.97 Å². The summed E-state index contributed by atoms with van der Waals surface area (Å²) in [6.45, 7) is 0.906. The van der Waals surface area contributed by atoms with Crippen molar-refractivity contribution in [1.82, 2.24) is 5.32 Å². The van der Waals surface area contributed by atoms with Crippen molar-refractivity contribution in [1.29, 1.82) is 0 Å². The average Bonchev–Trinajstić information content (AvgIpc) is 2.62. The molecule has 0 saturated carbocycles. The van der Waals surface area contributed by atoms with E-state index in [1.54, 1.807) is 24.3 Å². The van der Waals surface area contributed by atoms with E-state index in [9.17, 15) is 14.7 Å². The number of carbonyl (C=O) groups is 2. The van der Waals surface area contributed by atoms with E-state index in [1.165, 1.54) is 12.1 Å². The van der Waals surface area contributed by atoms with Crippen LogP contribution in [0.15, 0.2) is 36.4 Å². The molecule has 8 heteroatoms. The van der Waals surface area contributed by atoms with Crippen LogP contribution in [0.4, 0.5) is 0 Å². The first-order valence-corrected chi connectivity index (χ1v) is 8.57. The molecule has 3 rings (SSSR count). The number of ether oxygens (including phenoxy) is 2. The summed E-state index contributed by atoms with van der Waals surface area (Å²) < 4.78 is 10.9. The standard InChI is InChI=1S/C18H15Cl2NO5/c19-11-2-3-13(20)12(9-11)17(22)21-14(18(23)24)7-10-1-4-15-16(8-10)26-6-5-25-15/h1-4,8-9,14H,5-7H2,(H,21,22)(H,23,24). The van der Waals surface area contributed by atoms with E-state index in [4.69, 9.17) is 32.7 Å². The van der Waals surface area contributed by atoms with Gasteiger partial charge in [0.1, 0.15) is 19.3 Å². The third kappa shape index (κ3) is 4.20. The minimum atomic E-state index is -1.16. The molecule has 2 aromatic carbocycles. The molecule has 0 fully saturated rings. The Kier molecular flexibility index (Phi) is 5.54. The largest absolute Gasteiger partial charge is 0.486 e. The monoisotopic (exact) mass is 395 g/mol. The van der Waals surface area contributed by atoms with Crippen LogP contribution < -0.4 is 14.8 Å². The molecular weight excluding hydrogens is 381 g/mol. The zero-order valence-corrected chi connectivity index (χ0v) is 15.0. The Labute approximate surface area is 159 Å². The molecule has 2 aromatic rings. The molecular formula is C18H15Cl2NO5. The molecule has 1 aliphatic rings. The molecule has 6 nitrogen and oxygen atoms in total. The van der Waals surface area contributed by atoms with E-state index in [1.807, 2.05) is 0 Å². The Hall–Kier alpha value is -2.44. The second-order valence-electron chi connectivity index (χ2n) is 5.67. The van der Waals surface area contributed by atoms with Crippen LogP contribution in [0.5, 0.6) is 11.5 Å². The van der Waals surface area contributed by atoms with Gasteiger partial charge in [0.25, 0.3) is 5.91 Å². The zero-order valence-electron chi connectivity index (χ0n) is 13.5. The summed E-state index contributed by atoms with van der Waals surface area (Å²) in [4.78, 5) is 24.0. The molecule has 1 aliphatic heterocycles. The molecule has 1 heterocycles. The van der Waals surface area contributed by atoms with Crippen molar-refractivity contribution < 1.29 is 24.2 Å². The normalized spacial score (nSPS) is 13.8. The van der Waals surface area contributed by atoms with E-state index in [0.717, 1.165) is 0 Å². The van der Waals surface area contributed by atoms with Crippen LogP contribution in [-0.4, -0.2) is 36.2 Å². The number of benzene rings is 2. The van der Waals surface area contributed by atoms with Gasteiger partial charge in [-0.05, 0) is 35.9 Å². The minimum absolute atomic E-state index is 0.0793. The molecule has 0 radical (unpaired) electrons. The first kappa shape index (κ1) is 18.4. The molecule has 1 amide bonds. The first-order chi connectivity index (χ1) is 12.4. The summed E-state index contributed by atoms with van der Waals surface area (Å²) >= 11 is 11.9. The highest BCUT2D eigenvalue weighted by atomic mass is 35.5. The number of halogens is 2. The number of amides is 1. The number of fused-ring (bicyclic) bond motifs is 1. The van der Waals surface area contributed by atoms with Crippen LogP contribution in [0.2, 0.25) is 10.0 Å². The summed E-state index contributed by atoms with van der Waals surface area (Å²) in [6, 6.07) is 8.45. The maximum absolute atomic E-state index is 12.4. The molecule has 136 valence electrons. The van der Waals surface area contributed by atoms with E-state index in [2.05, 4.69) is 5.32 Å². The maximum atomic E-state index is 12.4. The lowest BCUT2D eigenvalue weighted by molar-refractivity contribution is -0.139. The summed E-state index contributed by atoms with van der Waals surface area (Å²) in [5.41, 5.74) is 0.812. The fourth-order valence-electron chi connectivity index (χ4n) is 2.56. The topological polar surface area (TPSA) is 84.9 Å². The lowest BCUT2D eigenvalue weighted by Crippen LogP contribution is -2.42. The van der Waals surface area contributed by atoms with Crippen molar-refractivity contribution in [2.24, 2.45) is 0 Å². The quantitative estimate of drug-likeness (QED) is 0.811. The van der Waals surface area contributed by atoms with Gasteiger partial charge in [-0.25, -0.2) is 4.79 Å². The van der Waals surface area contributed by atoms with Crippen molar-refractivity contribution in [2.45, 2.75) is 12.5 Å². The van der Waals surface area contributed by atoms with Crippen molar-refractivity contribution in [3.05, 3.63) is 57.6 Å². The minimum Gasteiger partial charge on any atom is -0.486 e. The third-order valence-corrected chi connectivity index (χ3v) is 4.39. The lowest BCUT2D eigenvalue weighted by atomic mass is 10.0. The Morgan fingerprint density at radius 1 is 1.08 bits per heavy atom. The Morgan fingerprint density at radius 3 is 2.54 bits per heavy atom. The number of aliphatic carboxylic acids is 1. The van der Waals surface area contributed by atoms with Crippen molar-refractivity contribution in [2.75, 3.05) is 13.2 Å². The highest BCUT2D eigenvalue weighted by molar-refractivity contribution is 6.35. The number of hydrogen-bond donors (Lipinski definition) is 2. The molecule has 26 heavy (non-hydrogen) atoms. The van der Waals surface area contributed by atoms with Gasteiger partial charge in [0.05, 0.1) is 10.6 Å². The number of rotatable bonds is 5. The van der Waals surface area contributed by atoms with Crippen LogP contribution in [0.25, 0.3) is 0 Å². The molecule has 0 aromatic heterocycles. The van der Waals surface area contributed by atoms with Gasteiger partial charge in [-0.3, -0.25) is 4.79 Å². The summed E-state index contributed by atoms with van der Waals surface area (Å²) in [7, 11) is 0. The highest BCUT2D eigenvalue weighted by Crippen LogP contribution is 2.31. The molecule has 0 saturated heterocycles. The van der Waals surface area contributed by atoms with Crippen molar-refractivity contribution in [3.8, 4) is 11.5 Å². The van der Waals surface area contributed by atoms with Gasteiger partial charge in [0, 0.05) is 11.4 Å². The van der Waals surface area contributed by atoms with Crippen LogP contribution in [0, 0.1) is 0 Å². The molecule has 0 spiro atoms. The second-order valence-corrected chi connectivity index (χ2v) is 6.51. The van der Waals surface area contributed by atoms with E-state index >= 15 is 0 Å². The second kappa shape index (κ2) is 7.85. The predicted octanol–water partition coefficient (Wildman–Crippen LogP) is 3.19. The Balaban J connectivity index is 1.76. The van der Waals surface area contributed by atoms with Crippen LogP contribution in [0.1, 0.15) is 15.9 Å². The molecule has 0 bridgehead atoms. The van der Waals surface area contributed by atoms with Gasteiger partial charge in [-0.1, -0.05) is 29.3 Å². The van der Waals surface area contributed by atoms with Crippen LogP contribution in [0.3, 0.4) is 0 Å². The van der Waals surface area contributed by atoms with Crippen LogP contribution >= 0.6 is 23.2 Å². The smallest absolute Gasteiger partial charge is 0.326 e. The number of hydrogen-bond acceptors (Lipinski definition) is 4. The van der Waals surface area contributed by atoms with E-state index in [-0.39, 0.29) is 17.0 Å². The summed E-state index contributed by atoms with van der Waals surface area (Å²) in [6.07, 6.45) is 0.0793. The molecule has 0 aliphatic carbocycles. The average molecular weight is 396 g/mol. The lowest BCUT2D eigenvalue weighted by Gasteiger charge is -2.20. The Morgan fingerprint density at radius 2 is 1.81 bits per heavy atom. The van der Waals surface area contributed by atoms with E-state index < -0.39 is 17.9 Å². The zero-order chi connectivity index (χ0) is 18.7. The van der Waals surface area contributed by atoms with Gasteiger partial charge in [0.2, 0.25) is 0 Å². The number of nitrogens with one attached hydrogen (secondary N) is 1. The van der Waals surface area contributed by atoms with Crippen molar-refractivity contribution >= 4 is 35.1 Å². The van der Waals surface area contributed by atoms with E-state index in [0.29, 0.717) is 35.3 Å². The fraction of sp³-hybridized carbons (Fsp3) is 0.222. The molecule has 1 unspecified atom stereocenters. The number of carboxylic acids is 1.